The van der Waals surface area contributed by atoms with Crippen molar-refractivity contribution in [1.82, 2.24) is 4.90 Å². The van der Waals surface area contributed by atoms with Gasteiger partial charge in [0.05, 0.1) is 0 Å². The van der Waals surface area contributed by atoms with Gasteiger partial charge < -0.3 is 4.90 Å². The molecule has 0 aromatic heterocycles. The summed E-state index contributed by atoms with van der Waals surface area (Å²) in [5, 5.41) is 0. The lowest BCUT2D eigenvalue weighted by atomic mass is 10.1. The summed E-state index contributed by atoms with van der Waals surface area (Å²) < 4.78 is 0.972. The molecule has 0 heterocycles. The fraction of sp³-hybridized carbons (Fsp3) is 0.235. The molecule has 0 atom stereocenters. The zero-order valence-corrected chi connectivity index (χ0v) is 13.4. The van der Waals surface area contributed by atoms with Crippen LogP contribution in [-0.2, 0) is 6.42 Å². The van der Waals surface area contributed by atoms with Crippen LogP contribution in [-0.4, -0.2) is 24.4 Å². The molecular weight excluding hydrogens is 314 g/mol. The number of nitrogens with zero attached hydrogens (tertiary/aromatic N) is 1. The highest BCUT2D eigenvalue weighted by molar-refractivity contribution is 9.10. The van der Waals surface area contributed by atoms with Gasteiger partial charge in [0.15, 0.2) is 0 Å². The number of carbonyl (C=O) groups excluding carboxylic acids is 1. The number of aryl methyl sites for hydroxylation is 1. The largest absolute Gasteiger partial charge is 0.341 e. The van der Waals surface area contributed by atoms with Crippen molar-refractivity contribution in [3.05, 3.63) is 69.7 Å². The van der Waals surface area contributed by atoms with Crippen molar-refractivity contribution < 1.29 is 4.79 Å². The van der Waals surface area contributed by atoms with Gasteiger partial charge in [-0.05, 0) is 36.6 Å². The number of halogens is 1. The van der Waals surface area contributed by atoms with Crippen LogP contribution in [0.2, 0.25) is 0 Å². The highest BCUT2D eigenvalue weighted by atomic mass is 79.9. The third-order valence-electron chi connectivity index (χ3n) is 3.34. The molecule has 0 aliphatic heterocycles. The third kappa shape index (κ3) is 3.70. The number of carbonyl (C=O) groups is 1. The molecule has 3 heteroatoms. The van der Waals surface area contributed by atoms with Crippen LogP contribution in [0.5, 0.6) is 0 Å². The first-order valence-electron chi connectivity index (χ1n) is 6.63. The molecule has 2 aromatic carbocycles. The number of rotatable bonds is 4. The van der Waals surface area contributed by atoms with E-state index in [1.807, 2.05) is 50.4 Å². The maximum atomic E-state index is 12.3. The van der Waals surface area contributed by atoms with E-state index < -0.39 is 0 Å². The number of hydrogen-bond donors (Lipinski definition) is 0. The van der Waals surface area contributed by atoms with Gasteiger partial charge in [-0.25, -0.2) is 0 Å². The van der Waals surface area contributed by atoms with Crippen molar-refractivity contribution >= 4 is 21.8 Å². The highest BCUT2D eigenvalue weighted by Crippen LogP contribution is 2.18. The molecule has 1 amide bonds. The Morgan fingerprint density at radius 1 is 1.15 bits per heavy atom. The Morgan fingerprint density at radius 3 is 2.50 bits per heavy atom. The second kappa shape index (κ2) is 6.71. The second-order valence-corrected chi connectivity index (χ2v) is 5.78. The van der Waals surface area contributed by atoms with Crippen LogP contribution in [0.3, 0.4) is 0 Å². The summed E-state index contributed by atoms with van der Waals surface area (Å²) in [4.78, 5) is 14.1. The van der Waals surface area contributed by atoms with Gasteiger partial charge in [0, 0.05) is 23.6 Å². The Labute approximate surface area is 128 Å². The van der Waals surface area contributed by atoms with Crippen LogP contribution < -0.4 is 0 Å². The van der Waals surface area contributed by atoms with Crippen molar-refractivity contribution in [3.63, 3.8) is 0 Å². The van der Waals surface area contributed by atoms with Crippen LogP contribution in [0.4, 0.5) is 0 Å². The summed E-state index contributed by atoms with van der Waals surface area (Å²) in [5.41, 5.74) is 3.10. The standard InChI is InChI=1S/C17H18BrNO/c1-13-8-9-15(12-16(13)18)17(20)19(2)11-10-14-6-4-3-5-7-14/h3-9,12H,10-11H2,1-2H3. The Hall–Kier alpha value is -1.61. The highest BCUT2D eigenvalue weighted by Gasteiger charge is 2.12. The monoisotopic (exact) mass is 331 g/mol. The maximum Gasteiger partial charge on any atom is 0.253 e. The summed E-state index contributed by atoms with van der Waals surface area (Å²) in [5.74, 6) is 0.0571. The minimum atomic E-state index is 0.0571. The fourth-order valence-corrected chi connectivity index (χ4v) is 2.37. The summed E-state index contributed by atoms with van der Waals surface area (Å²) >= 11 is 3.47. The summed E-state index contributed by atoms with van der Waals surface area (Å²) in [6.45, 7) is 2.73. The van der Waals surface area contributed by atoms with Crippen LogP contribution in [0, 0.1) is 6.92 Å². The molecule has 0 bridgehead atoms. The van der Waals surface area contributed by atoms with Crippen molar-refractivity contribution in [1.29, 1.82) is 0 Å². The normalized spacial score (nSPS) is 10.3. The molecule has 20 heavy (non-hydrogen) atoms. The minimum Gasteiger partial charge on any atom is -0.341 e. The fourth-order valence-electron chi connectivity index (χ4n) is 1.99. The molecule has 0 aliphatic rings. The molecule has 0 N–H and O–H groups in total. The molecule has 0 saturated heterocycles. The lowest BCUT2D eigenvalue weighted by Gasteiger charge is -2.17. The lowest BCUT2D eigenvalue weighted by Crippen LogP contribution is -2.28. The van der Waals surface area contributed by atoms with E-state index in [1.54, 1.807) is 4.90 Å². The van der Waals surface area contributed by atoms with E-state index in [1.165, 1.54) is 5.56 Å². The van der Waals surface area contributed by atoms with Crippen molar-refractivity contribution in [3.8, 4) is 0 Å². The maximum absolute atomic E-state index is 12.3. The molecule has 0 radical (unpaired) electrons. The van der Waals surface area contributed by atoms with Crippen LogP contribution >= 0.6 is 15.9 Å². The van der Waals surface area contributed by atoms with Gasteiger partial charge in [-0.2, -0.15) is 0 Å². The van der Waals surface area contributed by atoms with E-state index in [2.05, 4.69) is 28.1 Å². The molecule has 0 unspecified atom stereocenters. The Balaban J connectivity index is 1.99. The smallest absolute Gasteiger partial charge is 0.253 e. The van der Waals surface area contributed by atoms with Gasteiger partial charge >= 0.3 is 0 Å². The molecule has 0 aliphatic carbocycles. The van der Waals surface area contributed by atoms with E-state index >= 15 is 0 Å². The topological polar surface area (TPSA) is 20.3 Å². The summed E-state index contributed by atoms with van der Waals surface area (Å²) in [7, 11) is 1.85. The average molecular weight is 332 g/mol. The number of hydrogen-bond acceptors (Lipinski definition) is 1. The molecule has 104 valence electrons. The molecule has 2 rings (SSSR count). The third-order valence-corrected chi connectivity index (χ3v) is 4.20. The number of amides is 1. The molecule has 0 spiro atoms. The summed E-state index contributed by atoms with van der Waals surface area (Å²) in [6, 6.07) is 15.9. The molecule has 2 nitrogen and oxygen atoms in total. The predicted molar refractivity (Wildman–Crippen MR) is 86.0 cm³/mol. The molecular formula is C17H18BrNO. The van der Waals surface area contributed by atoms with Crippen molar-refractivity contribution in [2.45, 2.75) is 13.3 Å². The minimum absolute atomic E-state index is 0.0571. The van der Waals surface area contributed by atoms with Crippen LogP contribution in [0.25, 0.3) is 0 Å². The van der Waals surface area contributed by atoms with Crippen molar-refractivity contribution in [2.75, 3.05) is 13.6 Å². The van der Waals surface area contributed by atoms with Gasteiger partial charge in [0.25, 0.3) is 5.91 Å². The van der Waals surface area contributed by atoms with Crippen molar-refractivity contribution in [2.24, 2.45) is 0 Å². The first-order chi connectivity index (χ1) is 9.58. The zero-order chi connectivity index (χ0) is 14.5. The van der Waals surface area contributed by atoms with Crippen LogP contribution in [0.15, 0.2) is 53.0 Å². The molecule has 2 aromatic rings. The molecule has 0 saturated carbocycles. The van der Waals surface area contributed by atoms with Crippen LogP contribution in [0.1, 0.15) is 21.5 Å². The quantitative estimate of drug-likeness (QED) is 0.826. The van der Waals surface area contributed by atoms with Gasteiger partial charge in [-0.3, -0.25) is 4.79 Å². The SMILES string of the molecule is Cc1ccc(C(=O)N(C)CCc2ccccc2)cc1Br. The van der Waals surface area contributed by atoms with E-state index in [9.17, 15) is 4.79 Å². The Bertz CT molecular complexity index is 595. The number of likely N-dealkylation sites (N-methyl/N-ethyl adjacent to an activating group) is 1. The predicted octanol–water partition coefficient (Wildman–Crippen LogP) is 4.07. The van der Waals surface area contributed by atoms with E-state index in [0.29, 0.717) is 6.54 Å². The molecule has 0 fully saturated rings. The van der Waals surface area contributed by atoms with Gasteiger partial charge in [0.1, 0.15) is 0 Å². The Kier molecular flexibility index (Phi) is 4.96. The van der Waals surface area contributed by atoms with Gasteiger partial charge in [-0.1, -0.05) is 52.3 Å². The lowest BCUT2D eigenvalue weighted by molar-refractivity contribution is 0.0796. The number of benzene rings is 2. The summed E-state index contributed by atoms with van der Waals surface area (Å²) in [6.07, 6.45) is 0.871. The second-order valence-electron chi connectivity index (χ2n) is 4.93. The zero-order valence-electron chi connectivity index (χ0n) is 11.8. The average Bonchev–Trinajstić information content (AvgIpc) is 2.48. The van der Waals surface area contributed by atoms with E-state index in [-0.39, 0.29) is 5.91 Å². The van der Waals surface area contributed by atoms with Gasteiger partial charge in [-0.15, -0.1) is 0 Å². The van der Waals surface area contributed by atoms with E-state index in [4.69, 9.17) is 0 Å². The Morgan fingerprint density at radius 2 is 1.85 bits per heavy atom. The first-order valence-corrected chi connectivity index (χ1v) is 7.43. The van der Waals surface area contributed by atoms with Gasteiger partial charge in [0.2, 0.25) is 0 Å². The van der Waals surface area contributed by atoms with E-state index in [0.717, 1.165) is 22.0 Å². The first kappa shape index (κ1) is 14.8.